The lowest BCUT2D eigenvalue weighted by molar-refractivity contribution is -0.138. The lowest BCUT2D eigenvalue weighted by Gasteiger charge is -2.34. The maximum Gasteiger partial charge on any atom is 0.317 e. The molecule has 1 aromatic rings. The number of carbonyl (C=O) groups is 2. The number of urea groups is 1. The fourth-order valence-electron chi connectivity index (χ4n) is 2.68. The first kappa shape index (κ1) is 15.3. The number of nitrogens with zero attached hydrogens (tertiary/aromatic N) is 3. The summed E-state index contributed by atoms with van der Waals surface area (Å²) in [6.45, 7) is 1.14. The molecule has 1 unspecified atom stereocenters. The second-order valence-electron chi connectivity index (χ2n) is 5.40. The van der Waals surface area contributed by atoms with E-state index in [-0.39, 0.29) is 18.5 Å². The van der Waals surface area contributed by atoms with Gasteiger partial charge in [-0.3, -0.25) is 9.48 Å². The Morgan fingerprint density at radius 1 is 1.48 bits per heavy atom. The van der Waals surface area contributed by atoms with Crippen molar-refractivity contribution in [2.24, 2.45) is 7.05 Å². The van der Waals surface area contributed by atoms with Gasteiger partial charge in [-0.1, -0.05) is 0 Å². The van der Waals surface area contributed by atoms with Crippen molar-refractivity contribution in [2.75, 3.05) is 13.1 Å². The van der Waals surface area contributed by atoms with Crippen molar-refractivity contribution < 1.29 is 14.7 Å². The topological polar surface area (TPSA) is 87.5 Å². The summed E-state index contributed by atoms with van der Waals surface area (Å²) in [7, 11) is 1.85. The Hall–Kier alpha value is -2.05. The van der Waals surface area contributed by atoms with E-state index in [1.54, 1.807) is 9.58 Å². The SMILES string of the molecule is Cn1ccc(CCNC(=O)N2CCCCC2CC(=O)O)n1. The Morgan fingerprint density at radius 2 is 2.29 bits per heavy atom. The Balaban J connectivity index is 1.81. The summed E-state index contributed by atoms with van der Waals surface area (Å²) in [5, 5.41) is 16.0. The van der Waals surface area contributed by atoms with Crippen molar-refractivity contribution in [1.82, 2.24) is 20.0 Å². The fraction of sp³-hybridized carbons (Fsp3) is 0.643. The molecular weight excluding hydrogens is 272 g/mol. The van der Waals surface area contributed by atoms with E-state index in [9.17, 15) is 9.59 Å². The minimum absolute atomic E-state index is 0.0215. The molecule has 1 aliphatic heterocycles. The van der Waals surface area contributed by atoms with E-state index in [1.165, 1.54) is 0 Å². The number of aryl methyl sites for hydroxylation is 1. The number of hydrogen-bond donors (Lipinski definition) is 2. The summed E-state index contributed by atoms with van der Waals surface area (Å²) < 4.78 is 1.73. The number of aromatic nitrogens is 2. The van der Waals surface area contributed by atoms with Gasteiger partial charge in [-0.2, -0.15) is 5.10 Å². The summed E-state index contributed by atoms with van der Waals surface area (Å²) in [5.74, 6) is -0.854. The molecule has 21 heavy (non-hydrogen) atoms. The molecule has 116 valence electrons. The summed E-state index contributed by atoms with van der Waals surface area (Å²) in [4.78, 5) is 24.7. The van der Waals surface area contributed by atoms with Gasteiger partial charge < -0.3 is 15.3 Å². The Labute approximate surface area is 123 Å². The highest BCUT2D eigenvalue weighted by atomic mass is 16.4. The molecule has 0 saturated carbocycles. The van der Waals surface area contributed by atoms with Crippen LogP contribution < -0.4 is 5.32 Å². The molecule has 1 saturated heterocycles. The molecular formula is C14H22N4O3. The molecule has 0 aromatic carbocycles. The third kappa shape index (κ3) is 4.47. The predicted octanol–water partition coefficient (Wildman–Crippen LogP) is 1.00. The standard InChI is InChI=1S/C14H22N4O3/c1-17-9-6-11(16-17)5-7-15-14(21)18-8-3-2-4-12(18)10-13(19)20/h6,9,12H,2-5,7-8,10H2,1H3,(H,15,21)(H,19,20). The van der Waals surface area contributed by atoms with Crippen LogP contribution in [0.4, 0.5) is 4.79 Å². The Kier molecular flexibility index (Phi) is 5.19. The zero-order valence-corrected chi connectivity index (χ0v) is 12.3. The number of carbonyl (C=O) groups excluding carboxylic acids is 1. The minimum atomic E-state index is -0.854. The summed E-state index contributed by atoms with van der Waals surface area (Å²) in [6, 6.07) is 1.56. The predicted molar refractivity (Wildman–Crippen MR) is 76.9 cm³/mol. The fourth-order valence-corrected chi connectivity index (χ4v) is 2.68. The van der Waals surface area contributed by atoms with Crippen molar-refractivity contribution >= 4 is 12.0 Å². The molecule has 1 aliphatic rings. The first-order chi connectivity index (χ1) is 10.1. The van der Waals surface area contributed by atoms with Gasteiger partial charge in [0.05, 0.1) is 12.1 Å². The number of piperidine rings is 1. The molecule has 1 fully saturated rings. The molecule has 1 atom stereocenters. The van der Waals surface area contributed by atoms with Gasteiger partial charge in [0.25, 0.3) is 0 Å². The smallest absolute Gasteiger partial charge is 0.317 e. The molecule has 0 bridgehead atoms. The lowest BCUT2D eigenvalue weighted by Crippen LogP contribution is -2.49. The second kappa shape index (κ2) is 7.10. The largest absolute Gasteiger partial charge is 0.481 e. The molecule has 0 spiro atoms. The van der Waals surface area contributed by atoms with Gasteiger partial charge in [0.2, 0.25) is 0 Å². The highest BCUT2D eigenvalue weighted by Crippen LogP contribution is 2.19. The molecule has 7 nitrogen and oxygen atoms in total. The summed E-state index contributed by atoms with van der Waals surface area (Å²) in [5.41, 5.74) is 0.929. The average Bonchev–Trinajstić information content (AvgIpc) is 2.84. The number of hydrogen-bond acceptors (Lipinski definition) is 3. The van der Waals surface area contributed by atoms with Crippen LogP contribution in [0.1, 0.15) is 31.4 Å². The first-order valence-electron chi connectivity index (χ1n) is 7.31. The van der Waals surface area contributed by atoms with Crippen LogP contribution in [-0.2, 0) is 18.3 Å². The maximum absolute atomic E-state index is 12.2. The number of aliphatic carboxylic acids is 1. The molecule has 2 amide bonds. The number of amides is 2. The normalized spacial score (nSPS) is 18.5. The van der Waals surface area contributed by atoms with E-state index in [2.05, 4.69) is 10.4 Å². The monoisotopic (exact) mass is 294 g/mol. The molecule has 2 rings (SSSR count). The zero-order chi connectivity index (χ0) is 15.2. The van der Waals surface area contributed by atoms with Crippen molar-refractivity contribution in [3.8, 4) is 0 Å². The van der Waals surface area contributed by atoms with Gasteiger partial charge in [-0.15, -0.1) is 0 Å². The van der Waals surface area contributed by atoms with Gasteiger partial charge in [0, 0.05) is 38.8 Å². The van der Waals surface area contributed by atoms with E-state index in [0.717, 1.165) is 25.0 Å². The quantitative estimate of drug-likeness (QED) is 0.848. The van der Waals surface area contributed by atoms with Crippen molar-refractivity contribution in [3.05, 3.63) is 18.0 Å². The molecule has 0 aliphatic carbocycles. The number of likely N-dealkylation sites (tertiary alicyclic amines) is 1. The van der Waals surface area contributed by atoms with Crippen LogP contribution in [0.3, 0.4) is 0 Å². The third-order valence-electron chi connectivity index (χ3n) is 3.72. The van der Waals surface area contributed by atoms with Crippen LogP contribution >= 0.6 is 0 Å². The molecule has 0 radical (unpaired) electrons. The molecule has 7 heteroatoms. The number of carboxylic acids is 1. The Morgan fingerprint density at radius 3 is 2.95 bits per heavy atom. The van der Waals surface area contributed by atoms with Crippen molar-refractivity contribution in [3.63, 3.8) is 0 Å². The second-order valence-corrected chi connectivity index (χ2v) is 5.40. The number of carboxylic acid groups (broad SMARTS) is 1. The van der Waals surface area contributed by atoms with E-state index in [4.69, 9.17) is 5.11 Å². The average molecular weight is 294 g/mol. The van der Waals surface area contributed by atoms with E-state index < -0.39 is 5.97 Å². The van der Waals surface area contributed by atoms with Crippen molar-refractivity contribution in [1.29, 1.82) is 0 Å². The van der Waals surface area contributed by atoms with Crippen molar-refractivity contribution in [2.45, 2.75) is 38.1 Å². The third-order valence-corrected chi connectivity index (χ3v) is 3.72. The molecule has 2 heterocycles. The zero-order valence-electron chi connectivity index (χ0n) is 12.3. The van der Waals surface area contributed by atoms with Crippen LogP contribution in [0.5, 0.6) is 0 Å². The van der Waals surface area contributed by atoms with E-state index >= 15 is 0 Å². The maximum atomic E-state index is 12.2. The highest BCUT2D eigenvalue weighted by Gasteiger charge is 2.28. The highest BCUT2D eigenvalue weighted by molar-refractivity contribution is 5.76. The van der Waals surface area contributed by atoms with Gasteiger partial charge in [0.1, 0.15) is 0 Å². The number of rotatable bonds is 5. The summed E-state index contributed by atoms with van der Waals surface area (Å²) >= 11 is 0. The molecule has 1 aromatic heterocycles. The van der Waals surface area contributed by atoms with Crippen LogP contribution in [0.25, 0.3) is 0 Å². The van der Waals surface area contributed by atoms with Gasteiger partial charge >= 0.3 is 12.0 Å². The van der Waals surface area contributed by atoms with Gasteiger partial charge in [-0.05, 0) is 25.3 Å². The van der Waals surface area contributed by atoms with Gasteiger partial charge in [-0.25, -0.2) is 4.79 Å². The van der Waals surface area contributed by atoms with E-state index in [0.29, 0.717) is 19.5 Å². The molecule has 2 N–H and O–H groups in total. The van der Waals surface area contributed by atoms with Crippen LogP contribution in [-0.4, -0.2) is 50.9 Å². The minimum Gasteiger partial charge on any atom is -0.481 e. The summed E-state index contributed by atoms with van der Waals surface area (Å²) in [6.07, 6.45) is 5.24. The van der Waals surface area contributed by atoms with Crippen LogP contribution in [0.2, 0.25) is 0 Å². The Bertz CT molecular complexity index is 500. The van der Waals surface area contributed by atoms with Crippen LogP contribution in [0, 0.1) is 0 Å². The number of nitrogens with one attached hydrogen (secondary N) is 1. The van der Waals surface area contributed by atoms with Gasteiger partial charge in [0.15, 0.2) is 0 Å². The van der Waals surface area contributed by atoms with Crippen LogP contribution in [0.15, 0.2) is 12.3 Å². The van der Waals surface area contributed by atoms with E-state index in [1.807, 2.05) is 19.3 Å². The lowest BCUT2D eigenvalue weighted by atomic mass is 10.00. The first-order valence-corrected chi connectivity index (χ1v) is 7.31.